The molecular weight excluding hydrogens is 302 g/mol. The third-order valence-electron chi connectivity index (χ3n) is 3.39. The van der Waals surface area contributed by atoms with E-state index >= 15 is 0 Å². The van der Waals surface area contributed by atoms with Crippen LogP contribution in [0.5, 0.6) is 0 Å². The molecule has 0 radical (unpaired) electrons. The highest BCUT2D eigenvalue weighted by molar-refractivity contribution is 5.81. The van der Waals surface area contributed by atoms with Gasteiger partial charge in [-0.2, -0.15) is 0 Å². The summed E-state index contributed by atoms with van der Waals surface area (Å²) in [6.07, 6.45) is 0.794. The second-order valence-corrected chi connectivity index (χ2v) is 4.86. The second-order valence-electron chi connectivity index (χ2n) is 4.86. The van der Waals surface area contributed by atoms with Crippen LogP contribution in [-0.4, -0.2) is 74.6 Å². The summed E-state index contributed by atoms with van der Waals surface area (Å²) >= 11 is 0. The molecule has 0 fully saturated rings. The van der Waals surface area contributed by atoms with E-state index in [1.165, 1.54) is 32.3 Å². The quantitative estimate of drug-likeness (QED) is 0.415. The first-order valence-corrected chi connectivity index (χ1v) is 7.26. The number of carbonyl (C=O) groups is 2. The molecule has 0 saturated heterocycles. The lowest BCUT2D eigenvalue weighted by Gasteiger charge is -2.32. The van der Waals surface area contributed by atoms with Gasteiger partial charge in [0, 0.05) is 33.7 Å². The van der Waals surface area contributed by atoms with Gasteiger partial charge < -0.3 is 24.2 Å². The Kier molecular flexibility index (Phi) is 10.9. The Morgan fingerprint density at radius 2 is 1.83 bits per heavy atom. The standard InChI is InChI=1S/C16H27NO6/c1-6-10-17(14(19)8-9-15(20)22-4)11-13(21-3)16(23-5)12(18)7-2/h6-7,12-13,16,18H,1-2,8-11H2,3-5H3/t12-,13-,16?/m1/s1. The van der Waals surface area contributed by atoms with Crippen molar-refractivity contribution in [1.29, 1.82) is 0 Å². The van der Waals surface area contributed by atoms with Crippen LogP contribution in [0.4, 0.5) is 0 Å². The van der Waals surface area contributed by atoms with Gasteiger partial charge in [-0.25, -0.2) is 0 Å². The molecule has 0 heterocycles. The molecule has 0 aromatic heterocycles. The molecule has 0 spiro atoms. The number of esters is 1. The first kappa shape index (κ1) is 21.3. The Balaban J connectivity index is 4.92. The van der Waals surface area contributed by atoms with Crippen molar-refractivity contribution >= 4 is 11.9 Å². The normalized spacial score (nSPS) is 14.4. The van der Waals surface area contributed by atoms with Crippen LogP contribution < -0.4 is 0 Å². The van der Waals surface area contributed by atoms with E-state index in [2.05, 4.69) is 17.9 Å². The first-order valence-electron chi connectivity index (χ1n) is 7.26. The number of hydrogen-bond acceptors (Lipinski definition) is 6. The van der Waals surface area contributed by atoms with Crippen molar-refractivity contribution in [3.63, 3.8) is 0 Å². The van der Waals surface area contributed by atoms with Crippen molar-refractivity contribution < 1.29 is 28.9 Å². The van der Waals surface area contributed by atoms with Gasteiger partial charge in [-0.1, -0.05) is 12.2 Å². The maximum Gasteiger partial charge on any atom is 0.306 e. The van der Waals surface area contributed by atoms with Crippen molar-refractivity contribution in [2.24, 2.45) is 0 Å². The predicted molar refractivity (Wildman–Crippen MR) is 85.8 cm³/mol. The molecule has 0 aliphatic carbocycles. The Morgan fingerprint density at radius 3 is 2.26 bits per heavy atom. The first-order chi connectivity index (χ1) is 10.9. The van der Waals surface area contributed by atoms with E-state index in [-0.39, 0.29) is 25.3 Å². The molecule has 0 aromatic rings. The van der Waals surface area contributed by atoms with E-state index in [4.69, 9.17) is 9.47 Å². The van der Waals surface area contributed by atoms with Gasteiger partial charge in [0.1, 0.15) is 18.3 Å². The molecule has 0 saturated carbocycles. The Labute approximate surface area is 137 Å². The average Bonchev–Trinajstić information content (AvgIpc) is 2.57. The number of aliphatic hydroxyl groups is 1. The SMILES string of the molecule is C=CCN(C[C@@H](OC)C(OC)[C@H](O)C=C)C(=O)CCC(=O)OC. The number of amides is 1. The molecule has 132 valence electrons. The third kappa shape index (κ3) is 7.40. The highest BCUT2D eigenvalue weighted by Gasteiger charge is 2.29. The Bertz CT molecular complexity index is 398. The van der Waals surface area contributed by atoms with E-state index in [9.17, 15) is 14.7 Å². The smallest absolute Gasteiger partial charge is 0.306 e. The van der Waals surface area contributed by atoms with Crippen LogP contribution in [-0.2, 0) is 23.8 Å². The van der Waals surface area contributed by atoms with Crippen molar-refractivity contribution in [1.82, 2.24) is 4.90 Å². The number of aliphatic hydroxyl groups excluding tert-OH is 1. The van der Waals surface area contributed by atoms with Gasteiger partial charge in [0.15, 0.2) is 0 Å². The molecule has 7 heteroatoms. The van der Waals surface area contributed by atoms with E-state index in [0.29, 0.717) is 6.54 Å². The van der Waals surface area contributed by atoms with Crippen molar-refractivity contribution in [3.8, 4) is 0 Å². The lowest BCUT2D eigenvalue weighted by atomic mass is 10.1. The zero-order chi connectivity index (χ0) is 17.8. The van der Waals surface area contributed by atoms with Crippen molar-refractivity contribution in [2.45, 2.75) is 31.2 Å². The number of rotatable bonds is 12. The van der Waals surface area contributed by atoms with Crippen LogP contribution in [0.3, 0.4) is 0 Å². The molecule has 23 heavy (non-hydrogen) atoms. The molecule has 1 unspecified atom stereocenters. The fourth-order valence-electron chi connectivity index (χ4n) is 2.08. The summed E-state index contributed by atoms with van der Waals surface area (Å²) < 4.78 is 15.1. The minimum Gasteiger partial charge on any atom is -0.469 e. The fourth-order valence-corrected chi connectivity index (χ4v) is 2.08. The maximum atomic E-state index is 12.2. The highest BCUT2D eigenvalue weighted by Crippen LogP contribution is 2.12. The van der Waals surface area contributed by atoms with Crippen LogP contribution in [0.15, 0.2) is 25.3 Å². The van der Waals surface area contributed by atoms with Gasteiger partial charge >= 0.3 is 5.97 Å². The van der Waals surface area contributed by atoms with E-state index < -0.39 is 24.3 Å². The maximum absolute atomic E-state index is 12.2. The number of carbonyl (C=O) groups excluding carboxylic acids is 2. The second kappa shape index (κ2) is 11.8. The lowest BCUT2D eigenvalue weighted by molar-refractivity contribution is -0.144. The van der Waals surface area contributed by atoms with Crippen LogP contribution in [0.25, 0.3) is 0 Å². The summed E-state index contributed by atoms with van der Waals surface area (Å²) in [6, 6.07) is 0. The molecular formula is C16H27NO6. The summed E-state index contributed by atoms with van der Waals surface area (Å²) in [5, 5.41) is 9.90. The highest BCUT2D eigenvalue weighted by atomic mass is 16.5. The summed E-state index contributed by atoms with van der Waals surface area (Å²) in [6.45, 7) is 7.62. The zero-order valence-corrected chi connectivity index (χ0v) is 14.1. The summed E-state index contributed by atoms with van der Waals surface area (Å²) in [5.41, 5.74) is 0. The lowest BCUT2D eigenvalue weighted by Crippen LogP contribution is -2.48. The number of methoxy groups -OCH3 is 3. The number of ether oxygens (including phenoxy) is 3. The molecule has 1 N–H and O–H groups in total. The van der Waals surface area contributed by atoms with Gasteiger partial charge in [-0.05, 0) is 0 Å². The van der Waals surface area contributed by atoms with Gasteiger partial charge in [0.2, 0.25) is 5.91 Å². The van der Waals surface area contributed by atoms with E-state index in [1.54, 1.807) is 6.08 Å². The monoisotopic (exact) mass is 329 g/mol. The summed E-state index contributed by atoms with van der Waals surface area (Å²) in [4.78, 5) is 24.9. The minimum absolute atomic E-state index is 0.00359. The summed E-state index contributed by atoms with van der Waals surface area (Å²) in [7, 11) is 4.19. The fraction of sp³-hybridized carbons (Fsp3) is 0.625. The van der Waals surface area contributed by atoms with E-state index in [1.807, 2.05) is 0 Å². The van der Waals surface area contributed by atoms with Crippen LogP contribution in [0.2, 0.25) is 0 Å². The van der Waals surface area contributed by atoms with Gasteiger partial charge in [0.25, 0.3) is 0 Å². The molecule has 0 aliphatic rings. The van der Waals surface area contributed by atoms with Gasteiger partial charge in [-0.3, -0.25) is 9.59 Å². The van der Waals surface area contributed by atoms with E-state index in [0.717, 1.165) is 0 Å². The van der Waals surface area contributed by atoms with Crippen LogP contribution >= 0.6 is 0 Å². The molecule has 0 bridgehead atoms. The van der Waals surface area contributed by atoms with Gasteiger partial charge in [-0.15, -0.1) is 13.2 Å². The minimum atomic E-state index is -0.930. The molecule has 7 nitrogen and oxygen atoms in total. The molecule has 3 atom stereocenters. The van der Waals surface area contributed by atoms with Crippen LogP contribution in [0, 0.1) is 0 Å². The summed E-state index contributed by atoms with van der Waals surface area (Å²) in [5.74, 6) is -0.683. The van der Waals surface area contributed by atoms with Crippen LogP contribution in [0.1, 0.15) is 12.8 Å². The predicted octanol–water partition coefficient (Wildman–Crippen LogP) is 0.531. The van der Waals surface area contributed by atoms with Gasteiger partial charge in [0.05, 0.1) is 13.5 Å². The Morgan fingerprint density at radius 1 is 1.17 bits per heavy atom. The third-order valence-corrected chi connectivity index (χ3v) is 3.39. The Hall–Kier alpha value is -1.70. The zero-order valence-electron chi connectivity index (χ0n) is 14.1. The topological polar surface area (TPSA) is 85.3 Å². The number of hydrogen-bond donors (Lipinski definition) is 1. The molecule has 0 aliphatic heterocycles. The molecule has 0 rings (SSSR count). The largest absolute Gasteiger partial charge is 0.469 e. The molecule has 1 amide bonds. The number of nitrogens with zero attached hydrogens (tertiary/aromatic N) is 1. The molecule has 0 aromatic carbocycles. The van der Waals surface area contributed by atoms with Crippen molar-refractivity contribution in [3.05, 3.63) is 25.3 Å². The average molecular weight is 329 g/mol. The van der Waals surface area contributed by atoms with Crippen molar-refractivity contribution in [2.75, 3.05) is 34.4 Å².